The van der Waals surface area contributed by atoms with Gasteiger partial charge in [-0.2, -0.15) is 5.10 Å². The SMILES string of the molecule is CN(Cc1cnc(N)s1)C[C@@H]1CCCN(C)[C@H]1c1cnn(C)c1.Cl. The number of thiazole rings is 1. The Hall–Kier alpha value is -1.15. The third-order valence-corrected chi connectivity index (χ3v) is 5.43. The van der Waals surface area contributed by atoms with Crippen molar-refractivity contribution in [2.24, 2.45) is 13.0 Å². The van der Waals surface area contributed by atoms with Crippen LogP contribution in [0.1, 0.15) is 29.3 Å². The molecule has 134 valence electrons. The van der Waals surface area contributed by atoms with E-state index in [0.717, 1.165) is 19.6 Å². The van der Waals surface area contributed by atoms with E-state index < -0.39 is 0 Å². The number of likely N-dealkylation sites (tertiary alicyclic amines) is 1. The summed E-state index contributed by atoms with van der Waals surface area (Å²) < 4.78 is 1.90. The zero-order valence-corrected chi connectivity index (χ0v) is 16.2. The summed E-state index contributed by atoms with van der Waals surface area (Å²) in [6, 6.07) is 0.450. The first-order chi connectivity index (χ1) is 11.0. The second-order valence-electron chi connectivity index (χ2n) is 6.64. The fraction of sp³-hybridized carbons (Fsp3) is 0.625. The molecule has 1 aliphatic rings. The van der Waals surface area contributed by atoms with Crippen LogP contribution in [0.4, 0.5) is 5.13 Å². The lowest BCUT2D eigenvalue weighted by molar-refractivity contribution is 0.0928. The summed E-state index contributed by atoms with van der Waals surface area (Å²) in [7, 11) is 6.40. The molecule has 0 saturated carbocycles. The molecule has 0 bridgehead atoms. The van der Waals surface area contributed by atoms with Gasteiger partial charge in [0.25, 0.3) is 0 Å². The van der Waals surface area contributed by atoms with Crippen LogP contribution in [0.5, 0.6) is 0 Å². The van der Waals surface area contributed by atoms with Crippen LogP contribution in [0.15, 0.2) is 18.6 Å². The Morgan fingerprint density at radius 1 is 1.38 bits per heavy atom. The number of nitrogens with two attached hydrogens (primary N) is 1. The molecule has 0 spiro atoms. The lowest BCUT2D eigenvalue weighted by Gasteiger charge is -2.40. The molecule has 24 heavy (non-hydrogen) atoms. The smallest absolute Gasteiger partial charge is 0.180 e. The Balaban J connectivity index is 0.00000208. The maximum atomic E-state index is 5.73. The molecule has 1 aliphatic heterocycles. The Bertz CT molecular complexity index is 642. The highest BCUT2D eigenvalue weighted by atomic mass is 35.5. The minimum Gasteiger partial charge on any atom is -0.375 e. The molecule has 0 radical (unpaired) electrons. The van der Waals surface area contributed by atoms with Gasteiger partial charge in [0.15, 0.2) is 5.13 Å². The van der Waals surface area contributed by atoms with Crippen molar-refractivity contribution in [2.75, 3.05) is 32.9 Å². The molecule has 0 aromatic carbocycles. The summed E-state index contributed by atoms with van der Waals surface area (Å²) in [6.07, 6.45) is 8.59. The zero-order chi connectivity index (χ0) is 16.4. The molecule has 2 aromatic rings. The van der Waals surface area contributed by atoms with Gasteiger partial charge in [-0.1, -0.05) is 0 Å². The first-order valence-electron chi connectivity index (χ1n) is 8.10. The van der Waals surface area contributed by atoms with Crippen LogP contribution in [0.25, 0.3) is 0 Å². The highest BCUT2D eigenvalue weighted by Gasteiger charge is 2.32. The van der Waals surface area contributed by atoms with Crippen LogP contribution in [0, 0.1) is 5.92 Å². The number of nitrogen functional groups attached to an aromatic ring is 1. The molecule has 0 unspecified atom stereocenters. The number of nitrogens with zero attached hydrogens (tertiary/aromatic N) is 5. The van der Waals surface area contributed by atoms with Crippen LogP contribution >= 0.6 is 23.7 Å². The molecule has 8 heteroatoms. The summed E-state index contributed by atoms with van der Waals surface area (Å²) in [5.41, 5.74) is 7.06. The van der Waals surface area contributed by atoms with Gasteiger partial charge in [-0.3, -0.25) is 9.58 Å². The van der Waals surface area contributed by atoms with Gasteiger partial charge in [-0.25, -0.2) is 4.98 Å². The minimum atomic E-state index is 0. The van der Waals surface area contributed by atoms with Crippen molar-refractivity contribution < 1.29 is 0 Å². The Kier molecular flexibility index (Phi) is 6.62. The van der Waals surface area contributed by atoms with Crippen molar-refractivity contribution in [3.05, 3.63) is 29.0 Å². The quantitative estimate of drug-likeness (QED) is 0.875. The van der Waals surface area contributed by atoms with E-state index in [2.05, 4.69) is 40.2 Å². The van der Waals surface area contributed by atoms with Crippen molar-refractivity contribution in [3.63, 3.8) is 0 Å². The van der Waals surface area contributed by atoms with E-state index in [1.54, 1.807) is 11.3 Å². The Morgan fingerprint density at radius 3 is 2.79 bits per heavy atom. The lowest BCUT2D eigenvalue weighted by atomic mass is 9.86. The summed E-state index contributed by atoms with van der Waals surface area (Å²) in [5.74, 6) is 0.619. The summed E-state index contributed by atoms with van der Waals surface area (Å²) in [6.45, 7) is 3.14. The van der Waals surface area contributed by atoms with Gasteiger partial charge in [-0.05, 0) is 39.4 Å². The van der Waals surface area contributed by atoms with Crippen LogP contribution < -0.4 is 5.73 Å². The number of halogens is 1. The predicted octanol–water partition coefficient (Wildman–Crippen LogP) is 2.40. The van der Waals surface area contributed by atoms with Crippen molar-refractivity contribution in [2.45, 2.75) is 25.4 Å². The van der Waals surface area contributed by atoms with Crippen molar-refractivity contribution in [3.8, 4) is 0 Å². The average molecular weight is 371 g/mol. The topological polar surface area (TPSA) is 63.2 Å². The van der Waals surface area contributed by atoms with Gasteiger partial charge in [0, 0.05) is 49.0 Å². The van der Waals surface area contributed by atoms with Gasteiger partial charge >= 0.3 is 0 Å². The van der Waals surface area contributed by atoms with Gasteiger partial charge in [-0.15, -0.1) is 23.7 Å². The van der Waals surface area contributed by atoms with Crippen LogP contribution in [0.2, 0.25) is 0 Å². The molecule has 2 atom stereocenters. The molecule has 2 N–H and O–H groups in total. The maximum absolute atomic E-state index is 5.73. The van der Waals surface area contributed by atoms with Crippen LogP contribution in [0.3, 0.4) is 0 Å². The molecule has 0 aliphatic carbocycles. The molecular weight excluding hydrogens is 344 g/mol. The predicted molar refractivity (Wildman–Crippen MR) is 101 cm³/mol. The van der Waals surface area contributed by atoms with E-state index in [4.69, 9.17) is 5.73 Å². The first kappa shape index (κ1) is 19.2. The molecule has 2 aromatic heterocycles. The normalized spacial score (nSPS) is 21.8. The number of aryl methyl sites for hydroxylation is 1. The van der Waals surface area contributed by atoms with E-state index in [9.17, 15) is 0 Å². The maximum Gasteiger partial charge on any atom is 0.180 e. The first-order valence-corrected chi connectivity index (χ1v) is 8.92. The molecule has 6 nitrogen and oxygen atoms in total. The molecule has 1 saturated heterocycles. The number of piperidine rings is 1. The number of hydrogen-bond donors (Lipinski definition) is 1. The van der Waals surface area contributed by atoms with Gasteiger partial charge < -0.3 is 10.6 Å². The van der Waals surface area contributed by atoms with Gasteiger partial charge in [0.05, 0.1) is 6.20 Å². The van der Waals surface area contributed by atoms with Crippen LogP contribution in [-0.2, 0) is 13.6 Å². The van der Waals surface area contributed by atoms with Crippen LogP contribution in [-0.4, -0.2) is 51.7 Å². The number of aromatic nitrogens is 3. The van der Waals surface area contributed by atoms with Crippen molar-refractivity contribution in [1.82, 2.24) is 24.6 Å². The summed E-state index contributed by atoms with van der Waals surface area (Å²) in [4.78, 5) is 10.2. The van der Waals surface area contributed by atoms with E-state index in [-0.39, 0.29) is 12.4 Å². The molecule has 1 fully saturated rings. The van der Waals surface area contributed by atoms with E-state index >= 15 is 0 Å². The fourth-order valence-corrected chi connectivity index (χ4v) is 4.46. The lowest BCUT2D eigenvalue weighted by Crippen LogP contribution is -2.40. The highest BCUT2D eigenvalue weighted by Crippen LogP contribution is 2.35. The molecule has 3 rings (SSSR count). The third kappa shape index (κ3) is 4.47. The zero-order valence-electron chi connectivity index (χ0n) is 14.6. The Labute approximate surface area is 154 Å². The third-order valence-electron chi connectivity index (χ3n) is 4.62. The average Bonchev–Trinajstić information content (AvgIpc) is 3.08. The second-order valence-corrected chi connectivity index (χ2v) is 7.78. The number of anilines is 1. The summed E-state index contributed by atoms with van der Waals surface area (Å²) in [5, 5.41) is 5.02. The van der Waals surface area contributed by atoms with E-state index in [1.807, 2.05) is 24.1 Å². The van der Waals surface area contributed by atoms with Crippen molar-refractivity contribution in [1.29, 1.82) is 0 Å². The Morgan fingerprint density at radius 2 is 2.17 bits per heavy atom. The van der Waals surface area contributed by atoms with Crippen molar-refractivity contribution >= 4 is 28.9 Å². The molecule has 0 amide bonds. The monoisotopic (exact) mass is 370 g/mol. The van der Waals surface area contributed by atoms with E-state index in [1.165, 1.54) is 23.3 Å². The largest absolute Gasteiger partial charge is 0.375 e. The number of hydrogen-bond acceptors (Lipinski definition) is 6. The fourth-order valence-electron chi connectivity index (χ4n) is 3.70. The summed E-state index contributed by atoms with van der Waals surface area (Å²) >= 11 is 1.58. The number of rotatable bonds is 5. The highest BCUT2D eigenvalue weighted by molar-refractivity contribution is 7.15. The van der Waals surface area contributed by atoms with Gasteiger partial charge in [0.2, 0.25) is 0 Å². The molecular formula is C16H27ClN6S. The van der Waals surface area contributed by atoms with Gasteiger partial charge in [0.1, 0.15) is 0 Å². The standard InChI is InChI=1S/C16H26N6S.ClH/c1-20(11-14-8-18-16(17)23-14)9-12-5-4-6-21(2)15(12)13-7-19-22(3)10-13;/h7-8,10,12,15H,4-6,9,11H2,1-3H3,(H2,17,18);1H/t12-,15+;/m0./s1. The molecule has 3 heterocycles. The second kappa shape index (κ2) is 8.29. The van der Waals surface area contributed by atoms with E-state index in [0.29, 0.717) is 17.1 Å². The minimum absolute atomic E-state index is 0.